The molecular formula is C26H26ClFN2O. The highest BCUT2D eigenvalue weighted by Crippen LogP contribution is 2.25. The average Bonchev–Trinajstić information content (AvgIpc) is 3.28. The lowest BCUT2D eigenvalue weighted by atomic mass is 10.0. The second kappa shape index (κ2) is 10.1. The Morgan fingerprint density at radius 3 is 2.29 bits per heavy atom. The molecule has 1 amide bonds. The Morgan fingerprint density at radius 1 is 0.935 bits per heavy atom. The zero-order valence-electron chi connectivity index (χ0n) is 17.4. The van der Waals surface area contributed by atoms with Crippen molar-refractivity contribution in [3.05, 3.63) is 94.3 Å². The lowest BCUT2D eigenvalue weighted by molar-refractivity contribution is 0.0954. The normalized spacial score (nSPS) is 14.0. The summed E-state index contributed by atoms with van der Waals surface area (Å²) in [5.74, 6) is -0.509. The minimum atomic E-state index is -0.379. The molecule has 0 spiro atoms. The van der Waals surface area contributed by atoms with Crippen molar-refractivity contribution in [2.24, 2.45) is 0 Å². The summed E-state index contributed by atoms with van der Waals surface area (Å²) in [5.41, 5.74) is 4.27. The lowest BCUT2D eigenvalue weighted by Crippen LogP contribution is -2.25. The van der Waals surface area contributed by atoms with Gasteiger partial charge in [0.05, 0.1) is 0 Å². The Morgan fingerprint density at radius 2 is 1.61 bits per heavy atom. The van der Waals surface area contributed by atoms with Gasteiger partial charge in [0.15, 0.2) is 0 Å². The number of hydrogen-bond acceptors (Lipinski definition) is 2. The summed E-state index contributed by atoms with van der Waals surface area (Å²) in [5, 5.41) is 3.32. The number of hydrogen-bond donors (Lipinski definition) is 1. The van der Waals surface area contributed by atoms with Crippen LogP contribution in [0.15, 0.2) is 66.7 Å². The average molecular weight is 437 g/mol. The number of benzene rings is 3. The predicted molar refractivity (Wildman–Crippen MR) is 124 cm³/mol. The van der Waals surface area contributed by atoms with Crippen LogP contribution in [0.4, 0.5) is 4.39 Å². The number of likely N-dealkylation sites (tertiary alicyclic amines) is 1. The van der Waals surface area contributed by atoms with E-state index in [4.69, 9.17) is 11.6 Å². The fourth-order valence-electron chi connectivity index (χ4n) is 3.96. The molecule has 0 bridgehead atoms. The molecule has 1 saturated heterocycles. The van der Waals surface area contributed by atoms with Gasteiger partial charge in [-0.2, -0.15) is 0 Å². The second-order valence-corrected chi connectivity index (χ2v) is 8.44. The Bertz CT molecular complexity index is 1030. The van der Waals surface area contributed by atoms with Crippen LogP contribution in [0.25, 0.3) is 11.1 Å². The molecule has 160 valence electrons. The zero-order valence-corrected chi connectivity index (χ0v) is 18.2. The molecular weight excluding hydrogens is 411 g/mol. The SMILES string of the molecule is O=C(NCCc1ccc(CN2CCCC2)cc1)c1ccc(-c2ccc(Cl)cc2F)cc1. The molecule has 1 aliphatic rings. The molecule has 31 heavy (non-hydrogen) atoms. The molecule has 4 rings (SSSR count). The van der Waals surface area contributed by atoms with E-state index in [2.05, 4.69) is 34.5 Å². The first-order valence-electron chi connectivity index (χ1n) is 10.7. The van der Waals surface area contributed by atoms with Crippen molar-refractivity contribution in [1.29, 1.82) is 0 Å². The van der Waals surface area contributed by atoms with E-state index >= 15 is 0 Å². The van der Waals surface area contributed by atoms with Gasteiger partial charge in [-0.05, 0) is 79.4 Å². The summed E-state index contributed by atoms with van der Waals surface area (Å²) in [4.78, 5) is 14.9. The van der Waals surface area contributed by atoms with Gasteiger partial charge in [-0.1, -0.05) is 48.0 Å². The van der Waals surface area contributed by atoms with Gasteiger partial charge in [0.1, 0.15) is 5.82 Å². The van der Waals surface area contributed by atoms with E-state index < -0.39 is 0 Å². The molecule has 0 unspecified atom stereocenters. The molecule has 1 heterocycles. The van der Waals surface area contributed by atoms with Gasteiger partial charge in [0, 0.05) is 29.2 Å². The number of amides is 1. The van der Waals surface area contributed by atoms with E-state index in [9.17, 15) is 9.18 Å². The van der Waals surface area contributed by atoms with Gasteiger partial charge in [-0.25, -0.2) is 4.39 Å². The summed E-state index contributed by atoms with van der Waals surface area (Å²) in [6, 6.07) is 20.2. The molecule has 1 N–H and O–H groups in total. The first-order valence-corrected chi connectivity index (χ1v) is 11.1. The van der Waals surface area contributed by atoms with E-state index in [0.29, 0.717) is 28.3 Å². The number of nitrogens with zero attached hydrogens (tertiary/aromatic N) is 1. The molecule has 5 heteroatoms. The minimum Gasteiger partial charge on any atom is -0.352 e. The Kier molecular flexibility index (Phi) is 7.00. The molecule has 0 saturated carbocycles. The van der Waals surface area contributed by atoms with Crippen molar-refractivity contribution in [3.63, 3.8) is 0 Å². The van der Waals surface area contributed by atoms with Crippen LogP contribution in [-0.2, 0) is 13.0 Å². The van der Waals surface area contributed by atoms with Crippen LogP contribution in [0.2, 0.25) is 5.02 Å². The smallest absolute Gasteiger partial charge is 0.251 e. The Labute approximate surface area is 187 Å². The Hall–Kier alpha value is -2.69. The fraction of sp³-hybridized carbons (Fsp3) is 0.269. The first-order chi connectivity index (χ1) is 15.1. The van der Waals surface area contributed by atoms with Crippen LogP contribution in [0.3, 0.4) is 0 Å². The molecule has 1 aliphatic heterocycles. The highest BCUT2D eigenvalue weighted by atomic mass is 35.5. The maximum Gasteiger partial charge on any atom is 0.251 e. The Balaban J connectivity index is 1.27. The van der Waals surface area contributed by atoms with Crippen molar-refractivity contribution < 1.29 is 9.18 Å². The summed E-state index contributed by atoms with van der Waals surface area (Å²) < 4.78 is 14.1. The van der Waals surface area contributed by atoms with E-state index in [1.165, 1.54) is 43.1 Å². The van der Waals surface area contributed by atoms with Gasteiger partial charge in [0.2, 0.25) is 0 Å². The van der Waals surface area contributed by atoms with E-state index in [0.717, 1.165) is 13.0 Å². The van der Waals surface area contributed by atoms with Crippen LogP contribution < -0.4 is 5.32 Å². The quantitative estimate of drug-likeness (QED) is 0.514. The standard InChI is InChI=1S/C26H26ClFN2O/c27-23-11-12-24(25(28)17-23)21-7-9-22(10-8-21)26(31)29-14-13-19-3-5-20(6-4-19)18-30-15-1-2-16-30/h3-12,17H,1-2,13-16,18H2,(H,29,31). The molecule has 3 nitrogen and oxygen atoms in total. The third kappa shape index (κ3) is 5.72. The summed E-state index contributed by atoms with van der Waals surface area (Å²) in [6.45, 7) is 3.98. The summed E-state index contributed by atoms with van der Waals surface area (Å²) >= 11 is 5.81. The minimum absolute atomic E-state index is 0.131. The third-order valence-electron chi connectivity index (χ3n) is 5.72. The fourth-order valence-corrected chi connectivity index (χ4v) is 4.12. The largest absolute Gasteiger partial charge is 0.352 e. The van der Waals surface area contributed by atoms with Crippen molar-refractivity contribution in [2.45, 2.75) is 25.8 Å². The molecule has 3 aromatic carbocycles. The van der Waals surface area contributed by atoms with Crippen LogP contribution in [-0.4, -0.2) is 30.4 Å². The van der Waals surface area contributed by atoms with Gasteiger partial charge in [0.25, 0.3) is 5.91 Å². The van der Waals surface area contributed by atoms with Gasteiger partial charge >= 0.3 is 0 Å². The molecule has 0 aromatic heterocycles. The third-order valence-corrected chi connectivity index (χ3v) is 5.95. The number of nitrogens with one attached hydrogen (secondary N) is 1. The van der Waals surface area contributed by atoms with Crippen molar-refractivity contribution >= 4 is 17.5 Å². The molecule has 0 radical (unpaired) electrons. The van der Waals surface area contributed by atoms with E-state index in [1.54, 1.807) is 36.4 Å². The number of carbonyl (C=O) groups excluding carboxylic acids is 1. The van der Waals surface area contributed by atoms with Crippen LogP contribution in [0.1, 0.15) is 34.3 Å². The second-order valence-electron chi connectivity index (χ2n) is 8.01. The lowest BCUT2D eigenvalue weighted by Gasteiger charge is -2.14. The maximum absolute atomic E-state index is 14.1. The number of carbonyl (C=O) groups is 1. The van der Waals surface area contributed by atoms with Crippen molar-refractivity contribution in [3.8, 4) is 11.1 Å². The zero-order chi connectivity index (χ0) is 21.6. The summed E-state index contributed by atoms with van der Waals surface area (Å²) in [7, 11) is 0. The van der Waals surface area contributed by atoms with E-state index in [1.807, 2.05) is 0 Å². The van der Waals surface area contributed by atoms with Gasteiger partial charge in [-0.15, -0.1) is 0 Å². The van der Waals surface area contributed by atoms with Gasteiger partial charge in [-0.3, -0.25) is 9.69 Å². The highest BCUT2D eigenvalue weighted by Gasteiger charge is 2.12. The van der Waals surface area contributed by atoms with Crippen LogP contribution >= 0.6 is 11.6 Å². The monoisotopic (exact) mass is 436 g/mol. The molecule has 0 atom stereocenters. The molecule has 3 aromatic rings. The molecule has 1 fully saturated rings. The predicted octanol–water partition coefficient (Wildman–Crippen LogP) is 5.71. The topological polar surface area (TPSA) is 32.3 Å². The van der Waals surface area contributed by atoms with Crippen LogP contribution in [0, 0.1) is 5.82 Å². The number of halogens is 2. The first kappa shape index (κ1) is 21.5. The molecule has 0 aliphatic carbocycles. The van der Waals surface area contributed by atoms with Crippen molar-refractivity contribution in [2.75, 3.05) is 19.6 Å². The van der Waals surface area contributed by atoms with Crippen LogP contribution in [0.5, 0.6) is 0 Å². The van der Waals surface area contributed by atoms with Crippen molar-refractivity contribution in [1.82, 2.24) is 10.2 Å². The summed E-state index contributed by atoms with van der Waals surface area (Å²) in [6.07, 6.45) is 3.39. The number of rotatable bonds is 7. The maximum atomic E-state index is 14.1. The highest BCUT2D eigenvalue weighted by molar-refractivity contribution is 6.30. The van der Waals surface area contributed by atoms with E-state index in [-0.39, 0.29) is 11.7 Å². The van der Waals surface area contributed by atoms with Gasteiger partial charge < -0.3 is 5.32 Å².